The quantitative estimate of drug-likeness (QED) is 0.305. The Morgan fingerprint density at radius 3 is 2.71 bits per heavy atom. The maximum absolute atomic E-state index is 15.0. The number of aromatic nitrogens is 4. The number of hydrogen-bond acceptors (Lipinski definition) is 8. The first-order valence-corrected chi connectivity index (χ1v) is 11.8. The molecule has 200 valence electrons. The van der Waals surface area contributed by atoms with Crippen molar-refractivity contribution in [2.45, 2.75) is 50.8 Å². The SMILES string of the molecule is Cc1nc(N)c2ncn(C3OC(COC(C)(Cc4ccc5ccccc5c4)C(=O)O)CC3F)c2n1.O=CO. The molecule has 5 rings (SSSR count). The molecule has 0 aliphatic carbocycles. The lowest BCUT2D eigenvalue weighted by Crippen LogP contribution is -2.42. The predicted octanol–water partition coefficient (Wildman–Crippen LogP) is 3.30. The van der Waals surface area contributed by atoms with Crippen LogP contribution in [0.1, 0.15) is 31.0 Å². The molecule has 4 N–H and O–H groups in total. The van der Waals surface area contributed by atoms with E-state index >= 15 is 0 Å². The zero-order valence-corrected chi connectivity index (χ0v) is 20.8. The number of nitrogen functional groups attached to an aromatic ring is 1. The van der Waals surface area contributed by atoms with E-state index in [1.165, 1.54) is 17.8 Å². The van der Waals surface area contributed by atoms with Crippen LogP contribution < -0.4 is 5.73 Å². The predicted molar refractivity (Wildman–Crippen MR) is 136 cm³/mol. The van der Waals surface area contributed by atoms with E-state index in [2.05, 4.69) is 15.0 Å². The fraction of sp³-hybridized carbons (Fsp3) is 0.346. The van der Waals surface area contributed by atoms with E-state index in [0.29, 0.717) is 17.0 Å². The van der Waals surface area contributed by atoms with Crippen LogP contribution in [0.2, 0.25) is 0 Å². The Morgan fingerprint density at radius 2 is 2.00 bits per heavy atom. The van der Waals surface area contributed by atoms with Crippen LogP contribution in [0.25, 0.3) is 21.9 Å². The minimum absolute atomic E-state index is 0.0512. The molecule has 4 aromatic rings. The van der Waals surface area contributed by atoms with E-state index < -0.39 is 30.1 Å². The van der Waals surface area contributed by atoms with Crippen LogP contribution >= 0.6 is 0 Å². The van der Waals surface area contributed by atoms with Crippen LogP contribution in [-0.2, 0) is 25.5 Å². The number of aryl methyl sites for hydroxylation is 1. The first kappa shape index (κ1) is 26.9. The Bertz CT molecular complexity index is 1460. The summed E-state index contributed by atoms with van der Waals surface area (Å²) >= 11 is 0. The highest BCUT2D eigenvalue weighted by Gasteiger charge is 2.41. The van der Waals surface area contributed by atoms with Gasteiger partial charge < -0.3 is 25.4 Å². The molecule has 1 fully saturated rings. The first-order valence-electron chi connectivity index (χ1n) is 11.8. The molecule has 1 aliphatic rings. The van der Waals surface area contributed by atoms with Gasteiger partial charge in [-0.2, -0.15) is 0 Å². The Hall–Kier alpha value is -4.16. The molecule has 0 bridgehead atoms. The van der Waals surface area contributed by atoms with Crippen molar-refractivity contribution in [2.75, 3.05) is 12.3 Å². The van der Waals surface area contributed by atoms with Crippen molar-refractivity contribution < 1.29 is 33.7 Å². The van der Waals surface area contributed by atoms with Crippen molar-refractivity contribution in [3.05, 3.63) is 60.2 Å². The molecule has 4 unspecified atom stereocenters. The summed E-state index contributed by atoms with van der Waals surface area (Å²) < 4.78 is 28.3. The van der Waals surface area contributed by atoms with Gasteiger partial charge in [0.2, 0.25) is 0 Å². The number of aliphatic carboxylic acids is 1. The average Bonchev–Trinajstić information content (AvgIpc) is 3.46. The molecule has 1 aliphatic heterocycles. The monoisotopic (exact) mass is 525 g/mol. The van der Waals surface area contributed by atoms with Crippen LogP contribution in [0, 0.1) is 6.92 Å². The van der Waals surface area contributed by atoms with Crippen molar-refractivity contribution in [3.8, 4) is 0 Å². The van der Waals surface area contributed by atoms with E-state index in [1.54, 1.807) is 6.92 Å². The summed E-state index contributed by atoms with van der Waals surface area (Å²) in [6, 6.07) is 13.7. The molecular formula is C26H28FN5O6. The number of carbonyl (C=O) groups is 2. The minimum Gasteiger partial charge on any atom is -0.483 e. The maximum Gasteiger partial charge on any atom is 0.336 e. The molecular weight excluding hydrogens is 497 g/mol. The van der Waals surface area contributed by atoms with E-state index in [0.717, 1.165) is 16.3 Å². The molecule has 4 atom stereocenters. The van der Waals surface area contributed by atoms with Gasteiger partial charge in [0.1, 0.15) is 17.5 Å². The number of anilines is 1. The highest BCUT2D eigenvalue weighted by molar-refractivity contribution is 5.84. The van der Waals surface area contributed by atoms with E-state index in [-0.39, 0.29) is 31.7 Å². The highest BCUT2D eigenvalue weighted by atomic mass is 19.1. The summed E-state index contributed by atoms with van der Waals surface area (Å²) in [4.78, 5) is 33.1. The molecule has 0 radical (unpaired) electrons. The number of benzene rings is 2. The zero-order valence-electron chi connectivity index (χ0n) is 20.8. The highest BCUT2D eigenvalue weighted by Crippen LogP contribution is 2.35. The van der Waals surface area contributed by atoms with Crippen molar-refractivity contribution in [1.29, 1.82) is 0 Å². The third kappa shape index (κ3) is 5.55. The molecule has 0 spiro atoms. The largest absolute Gasteiger partial charge is 0.483 e. The van der Waals surface area contributed by atoms with Gasteiger partial charge in [-0.15, -0.1) is 0 Å². The second-order valence-corrected chi connectivity index (χ2v) is 9.19. The van der Waals surface area contributed by atoms with Gasteiger partial charge in [0, 0.05) is 12.8 Å². The topological polar surface area (TPSA) is 163 Å². The fourth-order valence-electron chi connectivity index (χ4n) is 4.49. The van der Waals surface area contributed by atoms with E-state index in [1.807, 2.05) is 42.5 Å². The third-order valence-electron chi connectivity index (χ3n) is 6.36. The summed E-state index contributed by atoms with van der Waals surface area (Å²) in [5.41, 5.74) is 6.00. The number of nitrogens with zero attached hydrogens (tertiary/aromatic N) is 4. The third-order valence-corrected chi connectivity index (χ3v) is 6.36. The van der Waals surface area contributed by atoms with Crippen molar-refractivity contribution in [2.24, 2.45) is 0 Å². The molecule has 1 saturated heterocycles. The number of nitrogens with two attached hydrogens (primary N) is 1. The van der Waals surface area contributed by atoms with Crippen LogP contribution in [-0.4, -0.2) is 66.7 Å². The van der Waals surface area contributed by atoms with Gasteiger partial charge in [0.15, 0.2) is 23.3 Å². The molecule has 3 heterocycles. The van der Waals surface area contributed by atoms with E-state index in [9.17, 15) is 14.3 Å². The van der Waals surface area contributed by atoms with Gasteiger partial charge in [-0.05, 0) is 30.2 Å². The van der Waals surface area contributed by atoms with Gasteiger partial charge in [-0.1, -0.05) is 42.5 Å². The lowest BCUT2D eigenvalue weighted by molar-refractivity contribution is -0.169. The van der Waals surface area contributed by atoms with Crippen molar-refractivity contribution >= 4 is 40.2 Å². The summed E-state index contributed by atoms with van der Waals surface area (Å²) in [5.74, 6) is -0.443. The minimum atomic E-state index is -1.50. The van der Waals surface area contributed by atoms with Crippen LogP contribution in [0.3, 0.4) is 0 Å². The fourth-order valence-corrected chi connectivity index (χ4v) is 4.49. The lowest BCUT2D eigenvalue weighted by Gasteiger charge is -2.27. The molecule has 12 heteroatoms. The van der Waals surface area contributed by atoms with Gasteiger partial charge >= 0.3 is 5.97 Å². The second kappa shape index (κ2) is 11.1. The van der Waals surface area contributed by atoms with Crippen molar-refractivity contribution in [3.63, 3.8) is 0 Å². The molecule has 2 aromatic carbocycles. The van der Waals surface area contributed by atoms with Crippen LogP contribution in [0.4, 0.5) is 10.2 Å². The number of carboxylic acid groups (broad SMARTS) is 2. The summed E-state index contributed by atoms with van der Waals surface area (Å²) in [5, 5.41) is 18.9. The van der Waals surface area contributed by atoms with Gasteiger partial charge in [0.05, 0.1) is 19.0 Å². The Labute approximate surface area is 217 Å². The standard InChI is InChI=1S/C25H26FN5O4.CH2O2/c1-14-29-21(27)20-22(30-14)31(13-28-20)23-19(26)10-18(35-23)12-34-25(2,24(32)33)11-15-7-8-16-5-3-4-6-17(16)9-15;2-1-3/h3-9,13,18-19,23H,10-12H2,1-2H3,(H,32,33)(H2,27,29,30);1H,(H,2,3). The number of fused-ring (bicyclic) bond motifs is 2. The number of ether oxygens (including phenoxy) is 2. The Balaban J connectivity index is 0.00000107. The number of halogens is 1. The average molecular weight is 526 g/mol. The molecule has 38 heavy (non-hydrogen) atoms. The number of carboxylic acids is 1. The maximum atomic E-state index is 15.0. The molecule has 0 amide bonds. The molecule has 2 aromatic heterocycles. The Kier molecular flexibility index (Phi) is 7.83. The van der Waals surface area contributed by atoms with Gasteiger partial charge in [0.25, 0.3) is 6.47 Å². The van der Waals surface area contributed by atoms with Crippen LogP contribution in [0.15, 0.2) is 48.8 Å². The van der Waals surface area contributed by atoms with Gasteiger partial charge in [-0.25, -0.2) is 24.1 Å². The first-order chi connectivity index (χ1) is 18.1. The number of rotatable bonds is 7. The second-order valence-electron chi connectivity index (χ2n) is 9.19. The number of imidazole rings is 1. The zero-order chi connectivity index (χ0) is 27.4. The molecule has 11 nitrogen and oxygen atoms in total. The number of hydrogen-bond donors (Lipinski definition) is 3. The summed E-state index contributed by atoms with van der Waals surface area (Å²) in [6.07, 6.45) is -1.33. The van der Waals surface area contributed by atoms with Gasteiger partial charge in [-0.3, -0.25) is 9.36 Å². The normalized spacial score (nSPS) is 20.6. The van der Waals surface area contributed by atoms with Crippen LogP contribution in [0.5, 0.6) is 0 Å². The molecule has 0 saturated carbocycles. The Morgan fingerprint density at radius 1 is 1.29 bits per heavy atom. The van der Waals surface area contributed by atoms with E-state index in [4.69, 9.17) is 25.1 Å². The summed E-state index contributed by atoms with van der Waals surface area (Å²) in [7, 11) is 0. The summed E-state index contributed by atoms with van der Waals surface area (Å²) in [6.45, 7) is 2.89. The number of alkyl halides is 1. The smallest absolute Gasteiger partial charge is 0.336 e. The van der Waals surface area contributed by atoms with Crippen molar-refractivity contribution in [1.82, 2.24) is 19.5 Å². The lowest BCUT2D eigenvalue weighted by atomic mass is 9.94.